The molecule has 0 unspecified atom stereocenters. The number of ether oxygens (including phenoxy) is 1. The Bertz CT molecular complexity index is 1360. The summed E-state index contributed by atoms with van der Waals surface area (Å²) in [4.78, 5) is 4.57. The van der Waals surface area contributed by atoms with E-state index in [0.717, 1.165) is 39.9 Å². The Balaban J connectivity index is 1.44. The highest BCUT2D eigenvalue weighted by Gasteiger charge is 2.27. The lowest BCUT2D eigenvalue weighted by Gasteiger charge is -2.12. The van der Waals surface area contributed by atoms with Crippen LogP contribution in [-0.2, 0) is 13.1 Å². The van der Waals surface area contributed by atoms with Gasteiger partial charge in [-0.25, -0.2) is 9.50 Å². The van der Waals surface area contributed by atoms with Crippen molar-refractivity contribution in [1.29, 1.82) is 0 Å². The minimum atomic E-state index is 0.497. The molecule has 1 fully saturated rings. The fraction of sp³-hybridized carbons (Fsp3) is 0.304. The van der Waals surface area contributed by atoms with Crippen LogP contribution in [0.15, 0.2) is 49.3 Å². The lowest BCUT2D eigenvalue weighted by atomic mass is 10.1. The fourth-order valence-corrected chi connectivity index (χ4v) is 4.13. The van der Waals surface area contributed by atoms with Gasteiger partial charge in [0.15, 0.2) is 0 Å². The summed E-state index contributed by atoms with van der Waals surface area (Å²) in [5, 5.41) is 13.7. The number of hydrogen-bond acceptors (Lipinski definition) is 5. The Kier molecular flexibility index (Phi) is 4.22. The third-order valence-electron chi connectivity index (χ3n) is 5.94. The second-order valence-corrected chi connectivity index (χ2v) is 8.12. The van der Waals surface area contributed by atoms with Gasteiger partial charge in [0.05, 0.1) is 17.8 Å². The first-order valence-corrected chi connectivity index (χ1v) is 10.6. The van der Waals surface area contributed by atoms with Crippen LogP contribution < -0.4 is 4.74 Å². The summed E-state index contributed by atoms with van der Waals surface area (Å²) in [7, 11) is 0. The smallest absolute Gasteiger partial charge is 0.238 e. The van der Waals surface area contributed by atoms with Gasteiger partial charge in [0.2, 0.25) is 5.88 Å². The first-order valence-electron chi connectivity index (χ1n) is 10.6. The molecule has 31 heavy (non-hydrogen) atoms. The molecular weight excluding hydrogens is 390 g/mol. The van der Waals surface area contributed by atoms with Crippen molar-refractivity contribution in [2.24, 2.45) is 5.92 Å². The van der Waals surface area contributed by atoms with Crippen LogP contribution in [-0.4, -0.2) is 40.5 Å². The molecule has 1 radical (unpaired) electrons. The van der Waals surface area contributed by atoms with Gasteiger partial charge in [-0.1, -0.05) is 6.07 Å². The fourth-order valence-electron chi connectivity index (χ4n) is 4.13. The maximum atomic E-state index is 6.13. The highest BCUT2D eigenvalue weighted by atomic mass is 16.5. The van der Waals surface area contributed by atoms with E-state index in [1.165, 1.54) is 12.8 Å². The number of rotatable bonds is 7. The van der Waals surface area contributed by atoms with Gasteiger partial charge < -0.3 is 13.9 Å². The zero-order chi connectivity index (χ0) is 20.8. The summed E-state index contributed by atoms with van der Waals surface area (Å²) in [6.07, 6.45) is 9.60. The summed E-state index contributed by atoms with van der Waals surface area (Å²) in [5.74, 6) is 1.36. The average molecular weight is 412 g/mol. The molecule has 0 saturated heterocycles. The van der Waals surface area contributed by atoms with E-state index in [1.54, 1.807) is 12.7 Å². The topological polar surface area (TPSA) is 75.1 Å². The Morgan fingerprint density at radius 3 is 2.87 bits per heavy atom. The van der Waals surface area contributed by atoms with Crippen molar-refractivity contribution in [3.05, 3.63) is 60.9 Å². The Morgan fingerprint density at radius 2 is 2.06 bits per heavy atom. The van der Waals surface area contributed by atoms with Gasteiger partial charge in [-0.3, -0.25) is 0 Å². The van der Waals surface area contributed by atoms with E-state index < -0.39 is 0 Å². The van der Waals surface area contributed by atoms with Crippen LogP contribution in [0.4, 0.5) is 0 Å². The number of fused-ring (bicyclic) bond motifs is 2. The molecule has 0 amide bonds. The molecule has 5 aromatic rings. The summed E-state index contributed by atoms with van der Waals surface area (Å²) in [5.41, 5.74) is 5.40. The van der Waals surface area contributed by atoms with Crippen LogP contribution in [0, 0.1) is 18.9 Å². The molecule has 1 aliphatic carbocycles. The van der Waals surface area contributed by atoms with E-state index in [9.17, 15) is 0 Å². The van der Waals surface area contributed by atoms with Gasteiger partial charge in [0.1, 0.15) is 30.5 Å². The Morgan fingerprint density at radius 1 is 1.19 bits per heavy atom. The SMILES string of the molecule is Cc1c(-c2cc3ccnc(OCCn4cnnc4)c3n2CC2CC2)nn2c[c]ccc12. The van der Waals surface area contributed by atoms with Crippen LogP contribution in [0.5, 0.6) is 5.88 Å². The average Bonchev–Trinajstić information content (AvgIpc) is 3.17. The van der Waals surface area contributed by atoms with E-state index >= 15 is 0 Å². The molecule has 0 atom stereocenters. The highest BCUT2D eigenvalue weighted by Crippen LogP contribution is 2.39. The molecular formula is C23H22N7O. The summed E-state index contributed by atoms with van der Waals surface area (Å²) >= 11 is 0. The first kappa shape index (κ1) is 18.1. The van der Waals surface area contributed by atoms with E-state index in [2.05, 4.69) is 44.9 Å². The van der Waals surface area contributed by atoms with Gasteiger partial charge in [-0.2, -0.15) is 5.10 Å². The lowest BCUT2D eigenvalue weighted by molar-refractivity contribution is 0.289. The maximum Gasteiger partial charge on any atom is 0.238 e. The number of aromatic nitrogens is 7. The van der Waals surface area contributed by atoms with Gasteiger partial charge in [0.25, 0.3) is 0 Å². The lowest BCUT2D eigenvalue weighted by Crippen LogP contribution is -2.09. The molecule has 6 rings (SSSR count). The van der Waals surface area contributed by atoms with E-state index in [4.69, 9.17) is 9.84 Å². The number of nitrogens with zero attached hydrogens (tertiary/aromatic N) is 7. The standard InChI is InChI=1S/C23H22N7O/c1-16-19-4-2-3-9-30(19)27-21(16)20-12-18-7-8-24-23(22(18)29(20)13-17-5-6-17)31-11-10-28-14-25-26-15-28/h2,4,7-9,12,14-15,17H,5-6,10-11,13H2,1H3. The summed E-state index contributed by atoms with van der Waals surface area (Å²) in [6, 6.07) is 11.4. The number of aryl methyl sites for hydroxylation is 1. The third-order valence-corrected chi connectivity index (χ3v) is 5.94. The van der Waals surface area contributed by atoms with E-state index in [0.29, 0.717) is 24.9 Å². The van der Waals surface area contributed by atoms with Crippen molar-refractivity contribution in [1.82, 2.24) is 33.9 Å². The van der Waals surface area contributed by atoms with Gasteiger partial charge in [-0.05, 0) is 43.9 Å². The number of pyridine rings is 2. The van der Waals surface area contributed by atoms with Crippen LogP contribution in [0.2, 0.25) is 0 Å². The van der Waals surface area contributed by atoms with Crippen molar-refractivity contribution in [2.75, 3.05) is 6.61 Å². The predicted molar refractivity (Wildman–Crippen MR) is 116 cm³/mol. The molecule has 0 spiro atoms. The molecule has 1 aliphatic rings. The first-order chi connectivity index (χ1) is 15.3. The minimum Gasteiger partial charge on any atom is -0.474 e. The largest absolute Gasteiger partial charge is 0.474 e. The van der Waals surface area contributed by atoms with Crippen LogP contribution >= 0.6 is 0 Å². The monoisotopic (exact) mass is 412 g/mol. The van der Waals surface area contributed by atoms with E-state index in [-0.39, 0.29) is 0 Å². The molecule has 8 nitrogen and oxygen atoms in total. The molecule has 155 valence electrons. The molecule has 1 saturated carbocycles. The van der Waals surface area contributed by atoms with Crippen molar-refractivity contribution < 1.29 is 4.74 Å². The zero-order valence-corrected chi connectivity index (χ0v) is 17.3. The molecule has 5 heterocycles. The molecule has 0 aromatic carbocycles. The molecule has 5 aromatic heterocycles. The number of hydrogen-bond donors (Lipinski definition) is 0. The summed E-state index contributed by atoms with van der Waals surface area (Å²) < 4.78 is 12.3. The van der Waals surface area contributed by atoms with Crippen LogP contribution in [0.1, 0.15) is 18.4 Å². The molecule has 0 aliphatic heterocycles. The Labute approximate surface area is 179 Å². The van der Waals surface area contributed by atoms with Gasteiger partial charge in [-0.15, -0.1) is 10.2 Å². The van der Waals surface area contributed by atoms with Gasteiger partial charge >= 0.3 is 0 Å². The highest BCUT2D eigenvalue weighted by molar-refractivity contribution is 5.90. The minimum absolute atomic E-state index is 0.497. The third kappa shape index (κ3) is 3.24. The van der Waals surface area contributed by atoms with Crippen LogP contribution in [0.3, 0.4) is 0 Å². The molecule has 0 N–H and O–H groups in total. The maximum absolute atomic E-state index is 6.13. The summed E-state index contributed by atoms with van der Waals surface area (Å²) in [6.45, 7) is 4.25. The molecule has 0 bridgehead atoms. The Hall–Kier alpha value is -3.68. The van der Waals surface area contributed by atoms with Crippen molar-refractivity contribution in [3.63, 3.8) is 0 Å². The van der Waals surface area contributed by atoms with Crippen LogP contribution in [0.25, 0.3) is 27.8 Å². The second-order valence-electron chi connectivity index (χ2n) is 8.12. The van der Waals surface area contributed by atoms with Crippen molar-refractivity contribution >= 4 is 16.4 Å². The molecule has 8 heteroatoms. The quantitative estimate of drug-likeness (QED) is 0.409. The van der Waals surface area contributed by atoms with Gasteiger partial charge in [0, 0.05) is 36.0 Å². The predicted octanol–water partition coefficient (Wildman–Crippen LogP) is 3.54. The normalized spacial score (nSPS) is 14.0. The van der Waals surface area contributed by atoms with Crippen molar-refractivity contribution in [3.8, 4) is 17.3 Å². The van der Waals surface area contributed by atoms with Crippen molar-refractivity contribution in [2.45, 2.75) is 32.9 Å². The second kappa shape index (κ2) is 7.23. The van der Waals surface area contributed by atoms with E-state index in [1.807, 2.05) is 33.6 Å². The zero-order valence-electron chi connectivity index (χ0n) is 17.3.